The van der Waals surface area contributed by atoms with Gasteiger partial charge in [0, 0.05) is 18.0 Å². The van der Waals surface area contributed by atoms with Crippen molar-refractivity contribution in [2.24, 2.45) is 0 Å². The largest absolute Gasteiger partial charge is 0.494 e. The molecule has 1 heterocycles. The lowest BCUT2D eigenvalue weighted by Gasteiger charge is -2.07. The lowest BCUT2D eigenvalue weighted by Crippen LogP contribution is -1.98. The summed E-state index contributed by atoms with van der Waals surface area (Å²) in [4.78, 5) is 10.7. The molecule has 0 fully saturated rings. The van der Waals surface area contributed by atoms with E-state index < -0.39 is 5.82 Å². The summed E-state index contributed by atoms with van der Waals surface area (Å²) in [5.74, 6) is -0.269. The molecule has 0 N–H and O–H groups in total. The van der Waals surface area contributed by atoms with Gasteiger partial charge in [-0.3, -0.25) is 4.79 Å². The van der Waals surface area contributed by atoms with Crippen molar-refractivity contribution < 1.29 is 13.9 Å². The van der Waals surface area contributed by atoms with Gasteiger partial charge in [-0.25, -0.2) is 4.39 Å². The van der Waals surface area contributed by atoms with Gasteiger partial charge in [0.05, 0.1) is 12.8 Å². The minimum atomic E-state index is -0.453. The molecule has 4 heteroatoms. The normalized spacial score (nSPS) is 10.1. The van der Waals surface area contributed by atoms with Gasteiger partial charge >= 0.3 is 0 Å². The Kier molecular flexibility index (Phi) is 2.72. The third kappa shape index (κ3) is 1.69. The summed E-state index contributed by atoms with van der Waals surface area (Å²) in [5, 5.41) is 0. The minimum absolute atomic E-state index is 0.184. The lowest BCUT2D eigenvalue weighted by atomic mass is 10.3. The predicted octanol–water partition coefficient (Wildman–Crippen LogP) is 2.44. The second-order valence-electron chi connectivity index (χ2n) is 3.24. The Morgan fingerprint density at radius 2 is 2.19 bits per heavy atom. The third-order valence-corrected chi connectivity index (χ3v) is 2.31. The van der Waals surface area contributed by atoms with Gasteiger partial charge in [0.15, 0.2) is 17.9 Å². The van der Waals surface area contributed by atoms with Crippen LogP contribution < -0.4 is 4.74 Å². The molecule has 0 amide bonds. The standard InChI is InChI=1S/C12H10FNO2/c1-16-12-5-4-9(7-11(12)13)14-6-2-3-10(14)8-15/h2-8H,1H3. The maximum atomic E-state index is 13.5. The molecule has 0 saturated carbocycles. The number of ether oxygens (including phenoxy) is 1. The number of aromatic nitrogens is 1. The Labute approximate surface area is 92.1 Å². The summed E-state index contributed by atoms with van der Waals surface area (Å²) in [6.45, 7) is 0. The van der Waals surface area contributed by atoms with Crippen LogP contribution in [-0.4, -0.2) is 18.0 Å². The molecule has 3 nitrogen and oxygen atoms in total. The average molecular weight is 219 g/mol. The zero-order chi connectivity index (χ0) is 11.5. The maximum Gasteiger partial charge on any atom is 0.167 e. The molecular weight excluding hydrogens is 209 g/mol. The summed E-state index contributed by atoms with van der Waals surface area (Å²) in [6, 6.07) is 7.93. The number of halogens is 1. The highest BCUT2D eigenvalue weighted by molar-refractivity contribution is 5.73. The Morgan fingerprint density at radius 1 is 1.38 bits per heavy atom. The minimum Gasteiger partial charge on any atom is -0.494 e. The van der Waals surface area contributed by atoms with Gasteiger partial charge < -0.3 is 9.30 Å². The number of carbonyl (C=O) groups is 1. The second kappa shape index (κ2) is 4.18. The van der Waals surface area contributed by atoms with Gasteiger partial charge in [0.2, 0.25) is 0 Å². The molecule has 0 atom stereocenters. The summed E-state index contributed by atoms with van der Waals surface area (Å²) in [5.41, 5.74) is 1.06. The molecule has 1 aromatic heterocycles. The number of methoxy groups -OCH3 is 1. The average Bonchev–Trinajstić information content (AvgIpc) is 2.77. The van der Waals surface area contributed by atoms with Crippen LogP contribution >= 0.6 is 0 Å². The lowest BCUT2D eigenvalue weighted by molar-refractivity contribution is 0.111. The van der Waals surface area contributed by atoms with Crippen LogP contribution in [0.4, 0.5) is 4.39 Å². The molecule has 0 radical (unpaired) electrons. The van der Waals surface area contributed by atoms with Crippen LogP contribution in [-0.2, 0) is 0 Å². The topological polar surface area (TPSA) is 31.2 Å². The van der Waals surface area contributed by atoms with Gasteiger partial charge in [-0.15, -0.1) is 0 Å². The van der Waals surface area contributed by atoms with E-state index in [4.69, 9.17) is 4.74 Å². The Morgan fingerprint density at radius 3 is 2.81 bits per heavy atom. The number of hydrogen-bond acceptors (Lipinski definition) is 2. The predicted molar refractivity (Wildman–Crippen MR) is 57.7 cm³/mol. The van der Waals surface area contributed by atoms with Crippen LogP contribution in [0, 0.1) is 5.82 Å². The van der Waals surface area contributed by atoms with Crippen molar-refractivity contribution in [1.82, 2.24) is 4.57 Å². The molecule has 0 bridgehead atoms. The molecule has 2 rings (SSSR count). The van der Waals surface area contributed by atoms with E-state index >= 15 is 0 Å². The molecule has 0 aliphatic carbocycles. The molecule has 0 aliphatic rings. The van der Waals surface area contributed by atoms with Crippen LogP contribution in [0.2, 0.25) is 0 Å². The van der Waals surface area contributed by atoms with Gasteiger partial charge in [0.25, 0.3) is 0 Å². The number of aldehydes is 1. The van der Waals surface area contributed by atoms with E-state index in [9.17, 15) is 9.18 Å². The van der Waals surface area contributed by atoms with Crippen LogP contribution in [0.1, 0.15) is 10.5 Å². The summed E-state index contributed by atoms with van der Waals surface area (Å²) in [6.07, 6.45) is 2.42. The van der Waals surface area contributed by atoms with E-state index in [1.165, 1.54) is 19.2 Å². The molecule has 1 aromatic carbocycles. The van der Waals surface area contributed by atoms with E-state index in [2.05, 4.69) is 0 Å². The van der Waals surface area contributed by atoms with Crippen molar-refractivity contribution in [2.45, 2.75) is 0 Å². The number of benzene rings is 1. The highest BCUT2D eigenvalue weighted by Crippen LogP contribution is 2.21. The molecule has 82 valence electrons. The third-order valence-electron chi connectivity index (χ3n) is 2.31. The van der Waals surface area contributed by atoms with Crippen molar-refractivity contribution in [2.75, 3.05) is 7.11 Å². The molecule has 16 heavy (non-hydrogen) atoms. The van der Waals surface area contributed by atoms with Crippen LogP contribution in [0.3, 0.4) is 0 Å². The second-order valence-corrected chi connectivity index (χ2v) is 3.24. The first-order chi connectivity index (χ1) is 7.76. The first kappa shape index (κ1) is 10.4. The number of hydrogen-bond donors (Lipinski definition) is 0. The molecule has 0 unspecified atom stereocenters. The van der Waals surface area contributed by atoms with Crippen molar-refractivity contribution in [1.29, 1.82) is 0 Å². The van der Waals surface area contributed by atoms with Gasteiger partial charge in [-0.2, -0.15) is 0 Å². The fourth-order valence-corrected chi connectivity index (χ4v) is 1.53. The van der Waals surface area contributed by atoms with Crippen molar-refractivity contribution in [3.05, 3.63) is 48.0 Å². The van der Waals surface area contributed by atoms with E-state index in [1.54, 1.807) is 29.0 Å². The van der Waals surface area contributed by atoms with E-state index in [0.29, 0.717) is 11.4 Å². The van der Waals surface area contributed by atoms with Gasteiger partial charge in [0.1, 0.15) is 0 Å². The van der Waals surface area contributed by atoms with E-state index in [-0.39, 0.29) is 5.75 Å². The van der Waals surface area contributed by atoms with E-state index in [0.717, 1.165) is 6.29 Å². The number of nitrogens with zero attached hydrogens (tertiary/aromatic N) is 1. The van der Waals surface area contributed by atoms with Crippen LogP contribution in [0.25, 0.3) is 5.69 Å². The van der Waals surface area contributed by atoms with E-state index in [1.807, 2.05) is 0 Å². The highest BCUT2D eigenvalue weighted by Gasteiger charge is 2.06. The maximum absolute atomic E-state index is 13.5. The highest BCUT2D eigenvalue weighted by atomic mass is 19.1. The zero-order valence-electron chi connectivity index (χ0n) is 8.68. The van der Waals surface area contributed by atoms with Gasteiger partial charge in [-0.05, 0) is 24.3 Å². The van der Waals surface area contributed by atoms with Crippen molar-refractivity contribution in [3.8, 4) is 11.4 Å². The molecule has 2 aromatic rings. The van der Waals surface area contributed by atoms with Crippen LogP contribution in [0.15, 0.2) is 36.5 Å². The fourth-order valence-electron chi connectivity index (χ4n) is 1.53. The molecule has 0 spiro atoms. The quantitative estimate of drug-likeness (QED) is 0.742. The van der Waals surface area contributed by atoms with Crippen LogP contribution in [0.5, 0.6) is 5.75 Å². The summed E-state index contributed by atoms with van der Waals surface area (Å²) in [7, 11) is 1.41. The SMILES string of the molecule is COc1ccc(-n2cccc2C=O)cc1F. The number of rotatable bonds is 3. The molecule has 0 saturated heterocycles. The number of carbonyl (C=O) groups excluding carboxylic acids is 1. The Balaban J connectivity index is 2.49. The fraction of sp³-hybridized carbons (Fsp3) is 0.0833. The first-order valence-corrected chi connectivity index (χ1v) is 4.72. The monoisotopic (exact) mass is 219 g/mol. The molecule has 0 aliphatic heterocycles. The smallest absolute Gasteiger partial charge is 0.167 e. The molecular formula is C12H10FNO2. The van der Waals surface area contributed by atoms with Gasteiger partial charge in [-0.1, -0.05) is 0 Å². The first-order valence-electron chi connectivity index (χ1n) is 4.72. The summed E-state index contributed by atoms with van der Waals surface area (Å²) < 4.78 is 19.9. The van der Waals surface area contributed by atoms with Crippen molar-refractivity contribution in [3.63, 3.8) is 0 Å². The Hall–Kier alpha value is -2.10. The summed E-state index contributed by atoms with van der Waals surface area (Å²) >= 11 is 0. The zero-order valence-corrected chi connectivity index (χ0v) is 8.68. The van der Waals surface area contributed by atoms with Crippen molar-refractivity contribution >= 4 is 6.29 Å². The Bertz CT molecular complexity index is 519.